The van der Waals surface area contributed by atoms with E-state index in [1.807, 2.05) is 30.5 Å². The number of rotatable bonds is 0. The first-order chi connectivity index (χ1) is 4.97. The van der Waals surface area contributed by atoms with Crippen LogP contribution in [0.5, 0.6) is 0 Å². The molecule has 0 atom stereocenters. The van der Waals surface area contributed by atoms with Gasteiger partial charge >= 0.3 is 0 Å². The standard InChI is InChI=1S/C9H7N.H2N.U/c1-2-6-9-8(4-1)5-3-7-10-9;;/h1-7H;1H2;/q;-1;. The summed E-state index contributed by atoms with van der Waals surface area (Å²) in [5.41, 5.74) is 1.06. The van der Waals surface area contributed by atoms with E-state index in [2.05, 4.69) is 17.1 Å². The number of hydrogen-bond acceptors (Lipinski definition) is 1. The van der Waals surface area contributed by atoms with E-state index in [1.165, 1.54) is 5.39 Å². The zero-order valence-electron chi connectivity index (χ0n) is 6.57. The molecule has 2 N–H and O–H groups in total. The summed E-state index contributed by atoms with van der Waals surface area (Å²) in [4.78, 5) is 4.18. The van der Waals surface area contributed by atoms with E-state index < -0.39 is 0 Å². The van der Waals surface area contributed by atoms with Crippen LogP contribution < -0.4 is 0 Å². The molecule has 0 aliphatic heterocycles. The summed E-state index contributed by atoms with van der Waals surface area (Å²) in [7, 11) is 0. The first-order valence-electron chi connectivity index (χ1n) is 3.26. The third-order valence-electron chi connectivity index (χ3n) is 1.51. The van der Waals surface area contributed by atoms with Gasteiger partial charge in [0.2, 0.25) is 0 Å². The number of aromatic nitrogens is 1. The Labute approximate surface area is 95.3 Å². The van der Waals surface area contributed by atoms with Gasteiger partial charge in [0.25, 0.3) is 0 Å². The zero-order valence-corrected chi connectivity index (χ0v) is 10.7. The molecule has 2 rings (SSSR count). The molecule has 12 heavy (non-hydrogen) atoms. The smallest absolute Gasteiger partial charge is 0.0701 e. The van der Waals surface area contributed by atoms with Crippen molar-refractivity contribution in [1.29, 1.82) is 0 Å². The molecular weight excluding hydrogens is 374 g/mol. The van der Waals surface area contributed by atoms with Crippen LogP contribution in [0, 0.1) is 31.1 Å². The average Bonchev–Trinajstić information content (AvgIpc) is 2.05. The molecule has 0 aliphatic rings. The summed E-state index contributed by atoms with van der Waals surface area (Å²) in [5.74, 6) is 0. The Kier molecular flexibility index (Phi) is 5.16. The van der Waals surface area contributed by atoms with Crippen molar-refractivity contribution in [3.05, 3.63) is 48.7 Å². The molecule has 1 aromatic carbocycles. The molecule has 60 valence electrons. The molecule has 0 fully saturated rings. The largest absolute Gasteiger partial charge is 0.693 e. The van der Waals surface area contributed by atoms with Crippen molar-refractivity contribution in [2.75, 3.05) is 0 Å². The summed E-state index contributed by atoms with van der Waals surface area (Å²) < 4.78 is 0. The van der Waals surface area contributed by atoms with Gasteiger partial charge in [-0.05, 0) is 12.1 Å². The molecule has 0 spiro atoms. The average molecular weight is 383 g/mol. The monoisotopic (exact) mass is 383 g/mol. The van der Waals surface area contributed by atoms with Gasteiger partial charge in [-0.3, -0.25) is 4.98 Å². The maximum Gasteiger partial charge on any atom is 0.0701 e. The first kappa shape index (κ1) is 11.6. The molecule has 2 aromatic rings. The van der Waals surface area contributed by atoms with Crippen LogP contribution >= 0.6 is 0 Å². The molecule has 0 radical (unpaired) electrons. The van der Waals surface area contributed by atoms with Crippen molar-refractivity contribution < 1.29 is 31.1 Å². The van der Waals surface area contributed by atoms with Crippen LogP contribution in [0.1, 0.15) is 0 Å². The normalized spacial score (nSPS) is 8.33. The van der Waals surface area contributed by atoms with Gasteiger partial charge in [-0.2, -0.15) is 0 Å². The van der Waals surface area contributed by atoms with E-state index in [0.717, 1.165) is 5.52 Å². The van der Waals surface area contributed by atoms with Crippen molar-refractivity contribution in [1.82, 2.24) is 4.98 Å². The molecular formula is C9H9N2U-. The molecule has 1 aromatic heterocycles. The van der Waals surface area contributed by atoms with Crippen LogP contribution in [-0.4, -0.2) is 4.98 Å². The van der Waals surface area contributed by atoms with E-state index in [-0.39, 0.29) is 37.3 Å². The fourth-order valence-electron chi connectivity index (χ4n) is 1.02. The third-order valence-corrected chi connectivity index (χ3v) is 1.51. The number of nitrogens with zero attached hydrogens (tertiary/aromatic N) is 1. The van der Waals surface area contributed by atoms with Gasteiger partial charge in [-0.1, -0.05) is 24.3 Å². The van der Waals surface area contributed by atoms with Gasteiger partial charge in [0, 0.05) is 42.7 Å². The molecule has 0 saturated heterocycles. The van der Waals surface area contributed by atoms with Crippen molar-refractivity contribution in [2.24, 2.45) is 0 Å². The van der Waals surface area contributed by atoms with Gasteiger partial charge in [-0.25, -0.2) is 0 Å². The Morgan fingerprint density at radius 1 is 0.917 bits per heavy atom. The summed E-state index contributed by atoms with van der Waals surface area (Å²) in [6.45, 7) is 0. The van der Waals surface area contributed by atoms with Crippen LogP contribution in [0.2, 0.25) is 0 Å². The number of pyridine rings is 1. The van der Waals surface area contributed by atoms with E-state index in [1.54, 1.807) is 0 Å². The molecule has 3 heteroatoms. The van der Waals surface area contributed by atoms with Crippen LogP contribution in [-0.2, 0) is 0 Å². The number of hydrogen-bond donors (Lipinski definition) is 0. The van der Waals surface area contributed by atoms with Gasteiger partial charge in [0.1, 0.15) is 0 Å². The van der Waals surface area contributed by atoms with Gasteiger partial charge < -0.3 is 6.15 Å². The van der Waals surface area contributed by atoms with Crippen LogP contribution in [0.4, 0.5) is 0 Å². The van der Waals surface area contributed by atoms with Crippen molar-refractivity contribution >= 4 is 10.9 Å². The van der Waals surface area contributed by atoms with E-state index in [0.29, 0.717) is 0 Å². The molecule has 0 bridgehead atoms. The SMILES string of the molecule is [NH2-].[U].c1ccc2ncccc2c1. The fourth-order valence-corrected chi connectivity index (χ4v) is 1.02. The van der Waals surface area contributed by atoms with Crippen molar-refractivity contribution in [3.8, 4) is 0 Å². The molecule has 1 heterocycles. The molecule has 0 saturated carbocycles. The Hall–Kier alpha value is -0.358. The fraction of sp³-hybridized carbons (Fsp3) is 0. The molecule has 2 nitrogen and oxygen atoms in total. The molecule has 0 unspecified atom stereocenters. The number of benzene rings is 1. The number of fused-ring (bicyclic) bond motifs is 1. The molecule has 0 aliphatic carbocycles. The second-order valence-corrected chi connectivity index (χ2v) is 2.20. The predicted molar refractivity (Wildman–Crippen MR) is 47.0 cm³/mol. The second kappa shape index (κ2) is 5.32. The van der Waals surface area contributed by atoms with Gasteiger partial charge in [0.05, 0.1) is 5.52 Å². The topological polar surface area (TPSA) is 46.4 Å². The van der Waals surface area contributed by atoms with Crippen LogP contribution in [0.15, 0.2) is 42.6 Å². The first-order valence-corrected chi connectivity index (χ1v) is 3.26. The van der Waals surface area contributed by atoms with Gasteiger partial charge in [-0.15, -0.1) is 0 Å². The summed E-state index contributed by atoms with van der Waals surface area (Å²) in [6.07, 6.45) is 1.81. The van der Waals surface area contributed by atoms with E-state index in [4.69, 9.17) is 0 Å². The minimum atomic E-state index is 0. The summed E-state index contributed by atoms with van der Waals surface area (Å²) in [5, 5.41) is 1.20. The van der Waals surface area contributed by atoms with Crippen molar-refractivity contribution in [2.45, 2.75) is 0 Å². The van der Waals surface area contributed by atoms with Crippen molar-refractivity contribution in [3.63, 3.8) is 0 Å². The second-order valence-electron chi connectivity index (χ2n) is 2.20. The third kappa shape index (κ3) is 2.31. The number of nitrogens with two attached hydrogens (primary N) is 1. The van der Waals surface area contributed by atoms with Crippen LogP contribution in [0.3, 0.4) is 0 Å². The maximum atomic E-state index is 4.18. The quantitative estimate of drug-likeness (QED) is 0.690. The summed E-state index contributed by atoms with van der Waals surface area (Å²) in [6, 6.07) is 12.1. The Morgan fingerprint density at radius 2 is 1.58 bits per heavy atom. The predicted octanol–water partition coefficient (Wildman–Crippen LogP) is 2.95. The Bertz CT molecular complexity index is 284. The van der Waals surface area contributed by atoms with Gasteiger partial charge in [0.15, 0.2) is 0 Å². The summed E-state index contributed by atoms with van der Waals surface area (Å²) >= 11 is 0. The van der Waals surface area contributed by atoms with Crippen LogP contribution in [0.25, 0.3) is 17.1 Å². The minimum Gasteiger partial charge on any atom is -0.693 e. The van der Waals surface area contributed by atoms with E-state index >= 15 is 0 Å². The van der Waals surface area contributed by atoms with E-state index in [9.17, 15) is 0 Å². The number of para-hydroxylation sites is 1. The Balaban J connectivity index is 0.000000605. The Morgan fingerprint density at radius 3 is 2.33 bits per heavy atom. The zero-order chi connectivity index (χ0) is 6.81. The maximum absolute atomic E-state index is 4.18. The minimum absolute atomic E-state index is 0. The molecule has 0 amide bonds.